The number of hydrogen-bond donors (Lipinski definition) is 1. The summed E-state index contributed by atoms with van der Waals surface area (Å²) in [5.41, 5.74) is 0.619. The lowest BCUT2D eigenvalue weighted by Gasteiger charge is -2.34. The van der Waals surface area contributed by atoms with Crippen LogP contribution in [-0.2, 0) is 11.3 Å². The SMILES string of the molecule is [2H]c1c(F)c(-c2ccc3nnn(CC(F)F)c3c2)c2c(OC)nc(N[C@@H]3CN(C4COC4)CC3(F)F)nn12. The Labute approximate surface area is 207 Å². The zero-order valence-electron chi connectivity index (χ0n) is 20.3. The molecule has 6 rings (SSSR count). The van der Waals surface area contributed by atoms with Gasteiger partial charge in [-0.15, -0.1) is 10.2 Å². The standard InChI is InChI=1S/C22H21F5N8O2/c1-36-20-19-18(11-2-3-14-15(4-11)34(32-30-14)7-17(24)25)13(23)5-35(19)31-21(29-20)28-16-6-33(10-22(16,26)27)12-8-37-9-12/h2-5,12,16-17H,6-10H2,1H3,(H,28,31)/t16-/m1/s1/i5D. The van der Waals surface area contributed by atoms with Gasteiger partial charge in [-0.25, -0.2) is 31.1 Å². The predicted octanol–water partition coefficient (Wildman–Crippen LogP) is 2.68. The number of nitrogens with zero attached hydrogens (tertiary/aromatic N) is 7. The van der Waals surface area contributed by atoms with Crippen molar-refractivity contribution in [1.82, 2.24) is 34.5 Å². The Morgan fingerprint density at radius 3 is 2.84 bits per heavy atom. The summed E-state index contributed by atoms with van der Waals surface area (Å²) in [4.78, 5) is 5.81. The van der Waals surface area contributed by atoms with E-state index in [9.17, 15) is 17.6 Å². The summed E-state index contributed by atoms with van der Waals surface area (Å²) in [5.74, 6) is -4.51. The fourth-order valence-corrected chi connectivity index (χ4v) is 4.64. The smallest absolute Gasteiger partial charge is 0.281 e. The third kappa shape index (κ3) is 4.11. The van der Waals surface area contributed by atoms with Gasteiger partial charge in [0.1, 0.15) is 23.6 Å². The summed E-state index contributed by atoms with van der Waals surface area (Å²) in [7, 11) is 1.26. The van der Waals surface area contributed by atoms with Gasteiger partial charge in [0.2, 0.25) is 11.8 Å². The molecule has 0 bridgehead atoms. The molecule has 37 heavy (non-hydrogen) atoms. The Morgan fingerprint density at radius 1 is 1.32 bits per heavy atom. The van der Waals surface area contributed by atoms with Gasteiger partial charge in [-0.05, 0) is 17.7 Å². The first kappa shape index (κ1) is 22.6. The summed E-state index contributed by atoms with van der Waals surface area (Å²) in [5, 5.41) is 14.3. The van der Waals surface area contributed by atoms with Crippen molar-refractivity contribution in [3.63, 3.8) is 0 Å². The number of methoxy groups -OCH3 is 1. The van der Waals surface area contributed by atoms with E-state index >= 15 is 4.39 Å². The molecule has 0 radical (unpaired) electrons. The van der Waals surface area contributed by atoms with E-state index in [-0.39, 0.29) is 46.6 Å². The zero-order chi connectivity index (χ0) is 26.8. The molecule has 2 aliphatic rings. The van der Waals surface area contributed by atoms with E-state index in [0.717, 1.165) is 9.20 Å². The number of fused-ring (bicyclic) bond motifs is 2. The number of aromatic nitrogens is 6. The maximum atomic E-state index is 15.5. The predicted molar refractivity (Wildman–Crippen MR) is 121 cm³/mol. The van der Waals surface area contributed by atoms with Gasteiger partial charge in [-0.1, -0.05) is 11.3 Å². The highest BCUT2D eigenvalue weighted by Crippen LogP contribution is 2.36. The Kier molecular flexibility index (Phi) is 5.35. The lowest BCUT2D eigenvalue weighted by Crippen LogP contribution is -2.48. The summed E-state index contributed by atoms with van der Waals surface area (Å²) in [6, 6.07) is 2.97. The van der Waals surface area contributed by atoms with E-state index in [1.54, 1.807) is 4.90 Å². The summed E-state index contributed by atoms with van der Waals surface area (Å²) < 4.78 is 91.5. The van der Waals surface area contributed by atoms with Crippen molar-refractivity contribution in [3.8, 4) is 17.0 Å². The van der Waals surface area contributed by atoms with Crippen LogP contribution in [0.4, 0.5) is 27.9 Å². The number of anilines is 1. The van der Waals surface area contributed by atoms with E-state index in [2.05, 4.69) is 25.7 Å². The number of likely N-dealkylation sites (tertiary alicyclic amines) is 1. The minimum absolute atomic E-state index is 0.0180. The van der Waals surface area contributed by atoms with E-state index in [4.69, 9.17) is 10.8 Å². The van der Waals surface area contributed by atoms with Gasteiger partial charge in [0, 0.05) is 6.54 Å². The molecule has 5 heterocycles. The molecule has 0 unspecified atom stereocenters. The number of rotatable bonds is 7. The molecule has 1 N–H and O–H groups in total. The average molecular weight is 525 g/mol. The third-order valence-electron chi connectivity index (χ3n) is 6.56. The number of ether oxygens (including phenoxy) is 2. The number of nitrogens with one attached hydrogen (secondary N) is 1. The molecule has 0 saturated carbocycles. The van der Waals surface area contributed by atoms with Crippen LogP contribution in [0.25, 0.3) is 27.7 Å². The second kappa shape index (κ2) is 8.76. The highest BCUT2D eigenvalue weighted by molar-refractivity contribution is 5.89. The molecule has 15 heteroatoms. The minimum Gasteiger partial charge on any atom is -0.479 e. The molecule has 4 aromatic rings. The molecule has 0 amide bonds. The van der Waals surface area contributed by atoms with Crippen LogP contribution in [0.3, 0.4) is 0 Å². The lowest BCUT2D eigenvalue weighted by molar-refractivity contribution is -0.0711. The fraction of sp³-hybridized carbons (Fsp3) is 0.455. The third-order valence-corrected chi connectivity index (χ3v) is 6.56. The van der Waals surface area contributed by atoms with Gasteiger partial charge in [0.15, 0.2) is 5.82 Å². The van der Waals surface area contributed by atoms with Crippen molar-refractivity contribution >= 4 is 22.5 Å². The summed E-state index contributed by atoms with van der Waals surface area (Å²) >= 11 is 0. The first-order chi connectivity index (χ1) is 18.2. The van der Waals surface area contributed by atoms with Gasteiger partial charge in [-0.3, -0.25) is 4.90 Å². The van der Waals surface area contributed by atoms with Crippen LogP contribution < -0.4 is 10.1 Å². The molecule has 1 atom stereocenters. The van der Waals surface area contributed by atoms with E-state index in [1.807, 2.05) is 0 Å². The second-order valence-corrected chi connectivity index (χ2v) is 8.95. The maximum Gasteiger partial charge on any atom is 0.281 e. The van der Waals surface area contributed by atoms with Crippen molar-refractivity contribution in [2.24, 2.45) is 0 Å². The van der Waals surface area contributed by atoms with Crippen LogP contribution in [0, 0.1) is 5.82 Å². The van der Waals surface area contributed by atoms with Crippen molar-refractivity contribution in [3.05, 3.63) is 30.2 Å². The number of alkyl halides is 4. The number of halogens is 5. The van der Waals surface area contributed by atoms with Crippen LogP contribution in [0.1, 0.15) is 1.37 Å². The molecule has 2 aliphatic heterocycles. The molecule has 2 fully saturated rings. The monoisotopic (exact) mass is 525 g/mol. The largest absolute Gasteiger partial charge is 0.479 e. The van der Waals surface area contributed by atoms with E-state index in [1.165, 1.54) is 25.3 Å². The molecule has 0 spiro atoms. The van der Waals surface area contributed by atoms with Crippen molar-refractivity contribution in [2.75, 3.05) is 38.7 Å². The first-order valence-electron chi connectivity index (χ1n) is 11.9. The molecule has 3 aromatic heterocycles. The van der Waals surface area contributed by atoms with Gasteiger partial charge in [0.05, 0.1) is 51.5 Å². The zero-order valence-corrected chi connectivity index (χ0v) is 19.3. The van der Waals surface area contributed by atoms with Crippen molar-refractivity contribution in [1.29, 1.82) is 0 Å². The topological polar surface area (TPSA) is 94.6 Å². The van der Waals surface area contributed by atoms with E-state index in [0.29, 0.717) is 18.7 Å². The van der Waals surface area contributed by atoms with Crippen molar-refractivity contribution in [2.45, 2.75) is 31.0 Å². The molecule has 1 aromatic carbocycles. The number of benzene rings is 1. The minimum atomic E-state index is -3.09. The van der Waals surface area contributed by atoms with Crippen LogP contribution in [0.15, 0.2) is 24.4 Å². The quantitative estimate of drug-likeness (QED) is 0.368. The van der Waals surface area contributed by atoms with E-state index < -0.39 is 43.5 Å². The lowest BCUT2D eigenvalue weighted by atomic mass is 10.1. The average Bonchev–Trinajstić information content (AvgIpc) is 3.44. The van der Waals surface area contributed by atoms with Crippen LogP contribution in [0.5, 0.6) is 5.88 Å². The Hall–Kier alpha value is -3.59. The van der Waals surface area contributed by atoms with Gasteiger partial charge in [-0.2, -0.15) is 4.98 Å². The van der Waals surface area contributed by atoms with Crippen molar-refractivity contribution < 1.29 is 32.8 Å². The maximum absolute atomic E-state index is 15.5. The van der Waals surface area contributed by atoms with Crippen LogP contribution in [0.2, 0.25) is 0 Å². The highest BCUT2D eigenvalue weighted by atomic mass is 19.3. The molecular formula is C22H21F5N8O2. The van der Waals surface area contributed by atoms with Gasteiger partial charge < -0.3 is 14.8 Å². The normalized spacial score (nSPS) is 20.6. The molecule has 196 valence electrons. The highest BCUT2D eigenvalue weighted by Gasteiger charge is 2.51. The molecule has 0 aliphatic carbocycles. The fourth-order valence-electron chi connectivity index (χ4n) is 4.64. The molecule has 2 saturated heterocycles. The second-order valence-electron chi connectivity index (χ2n) is 8.95. The van der Waals surface area contributed by atoms with Gasteiger partial charge >= 0.3 is 0 Å². The first-order valence-corrected chi connectivity index (χ1v) is 11.4. The Balaban J connectivity index is 1.40. The summed E-state index contributed by atoms with van der Waals surface area (Å²) in [6.07, 6.45) is -3.35. The number of hydrogen-bond acceptors (Lipinski definition) is 8. The summed E-state index contributed by atoms with van der Waals surface area (Å²) in [6.45, 7) is -0.371. The molecule has 10 nitrogen and oxygen atoms in total. The molecular weight excluding hydrogens is 503 g/mol. The van der Waals surface area contributed by atoms with Crippen LogP contribution >= 0.6 is 0 Å². The van der Waals surface area contributed by atoms with Gasteiger partial charge in [0.25, 0.3) is 12.3 Å². The Morgan fingerprint density at radius 2 is 2.14 bits per heavy atom. The Bertz CT molecular complexity index is 1520. The van der Waals surface area contributed by atoms with Crippen LogP contribution in [-0.4, -0.2) is 92.3 Å².